The lowest BCUT2D eigenvalue weighted by molar-refractivity contribution is 0.0217. The number of anilines is 1. The zero-order valence-electron chi connectivity index (χ0n) is 15.7. The van der Waals surface area contributed by atoms with Crippen molar-refractivity contribution in [1.82, 2.24) is 15.0 Å². The van der Waals surface area contributed by atoms with Crippen LogP contribution in [0.15, 0.2) is 29.6 Å². The average Bonchev–Trinajstić information content (AvgIpc) is 3.24. The summed E-state index contributed by atoms with van der Waals surface area (Å²) in [5.41, 5.74) is 3.60. The van der Waals surface area contributed by atoms with Gasteiger partial charge in [-0.2, -0.15) is 0 Å². The van der Waals surface area contributed by atoms with Crippen molar-refractivity contribution in [3.05, 3.63) is 41.5 Å². The van der Waals surface area contributed by atoms with Crippen LogP contribution in [0.1, 0.15) is 30.7 Å². The van der Waals surface area contributed by atoms with Gasteiger partial charge in [-0.05, 0) is 13.8 Å². The Labute approximate surface area is 157 Å². The van der Waals surface area contributed by atoms with Gasteiger partial charge in [0.05, 0.1) is 30.2 Å². The van der Waals surface area contributed by atoms with E-state index >= 15 is 0 Å². The summed E-state index contributed by atoms with van der Waals surface area (Å²) < 4.78 is 11.0. The lowest BCUT2D eigenvalue weighted by Crippen LogP contribution is -2.25. The van der Waals surface area contributed by atoms with E-state index in [1.807, 2.05) is 37.1 Å². The van der Waals surface area contributed by atoms with Crippen LogP contribution in [0.4, 0.5) is 5.82 Å². The monoisotopic (exact) mass is 369 g/mol. The van der Waals surface area contributed by atoms with E-state index in [1.165, 1.54) is 6.33 Å². The third kappa shape index (κ3) is 3.50. The number of hydrogen-bond donors (Lipinski definition) is 1. The highest BCUT2D eigenvalue weighted by molar-refractivity contribution is 6.14. The van der Waals surface area contributed by atoms with Crippen molar-refractivity contribution >= 4 is 11.5 Å². The molecule has 1 saturated heterocycles. The molecule has 0 aromatic carbocycles. The van der Waals surface area contributed by atoms with Crippen LogP contribution in [-0.4, -0.2) is 64.3 Å². The Balaban J connectivity index is 1.61. The zero-order valence-corrected chi connectivity index (χ0v) is 15.7. The minimum Gasteiger partial charge on any atom is -0.475 e. The topological polar surface area (TPSA) is 93.0 Å². The van der Waals surface area contributed by atoms with Crippen molar-refractivity contribution in [1.29, 1.82) is 0 Å². The van der Waals surface area contributed by atoms with Crippen molar-refractivity contribution in [3.63, 3.8) is 0 Å². The number of pyridine rings is 1. The lowest BCUT2D eigenvalue weighted by Gasteiger charge is -2.17. The largest absolute Gasteiger partial charge is 0.475 e. The summed E-state index contributed by atoms with van der Waals surface area (Å²) >= 11 is 0. The van der Waals surface area contributed by atoms with E-state index in [1.54, 1.807) is 7.11 Å². The molecule has 4 rings (SSSR count). The van der Waals surface area contributed by atoms with Crippen molar-refractivity contribution in [2.45, 2.75) is 38.7 Å². The van der Waals surface area contributed by atoms with E-state index in [-0.39, 0.29) is 12.2 Å². The van der Waals surface area contributed by atoms with Crippen molar-refractivity contribution < 1.29 is 14.6 Å². The molecule has 2 aromatic rings. The Hall–Kier alpha value is -2.58. The van der Waals surface area contributed by atoms with E-state index in [4.69, 9.17) is 9.47 Å². The predicted octanol–water partition coefficient (Wildman–Crippen LogP) is 1.21. The zero-order chi connectivity index (χ0) is 19.0. The second-order valence-corrected chi connectivity index (χ2v) is 7.02. The number of aromatic nitrogens is 3. The van der Waals surface area contributed by atoms with Gasteiger partial charge in [-0.1, -0.05) is 0 Å². The highest BCUT2D eigenvalue weighted by Crippen LogP contribution is 2.27. The third-order valence-corrected chi connectivity index (χ3v) is 4.74. The van der Waals surface area contributed by atoms with Gasteiger partial charge in [-0.3, -0.25) is 4.99 Å². The molecule has 0 unspecified atom stereocenters. The number of hydrogen-bond acceptors (Lipinski definition) is 8. The molecule has 2 aromatic heterocycles. The summed E-state index contributed by atoms with van der Waals surface area (Å²) in [6, 6.07) is 3.83. The van der Waals surface area contributed by atoms with Crippen LogP contribution in [0.25, 0.3) is 0 Å². The first-order chi connectivity index (χ1) is 13.0. The summed E-state index contributed by atoms with van der Waals surface area (Å²) in [7, 11) is 1.61. The summed E-state index contributed by atoms with van der Waals surface area (Å²) in [6.07, 6.45) is 2.66. The minimum absolute atomic E-state index is 0.0540. The van der Waals surface area contributed by atoms with E-state index in [0.29, 0.717) is 25.5 Å². The highest BCUT2D eigenvalue weighted by atomic mass is 16.5. The molecule has 0 bridgehead atoms. The van der Waals surface area contributed by atoms with Gasteiger partial charge >= 0.3 is 0 Å². The van der Waals surface area contributed by atoms with Crippen LogP contribution in [0.3, 0.4) is 0 Å². The summed E-state index contributed by atoms with van der Waals surface area (Å²) in [4.78, 5) is 19.8. The number of aliphatic hydroxyl groups excluding tert-OH is 1. The fourth-order valence-corrected chi connectivity index (χ4v) is 3.41. The van der Waals surface area contributed by atoms with Gasteiger partial charge in [0.2, 0.25) is 5.88 Å². The second kappa shape index (κ2) is 7.21. The molecule has 0 spiro atoms. The molecule has 8 heteroatoms. The highest BCUT2D eigenvalue weighted by Gasteiger charge is 2.32. The smallest absolute Gasteiger partial charge is 0.214 e. The standard InChI is InChI=1S/C19H23N5O3/c1-11(2)27-18-4-13-12(6-20-18)7-21-19(13)14-5-17(23-10-22-14)24-8-15(25)16(9-24)26-3/h4-6,10-11,15-16,25H,7-9H2,1-3H3/t15-,16-/m0/s1. The SMILES string of the molecule is CO[C@H]1CN(c2cc(C3=NCc4cnc(OC(C)C)cc43)ncn2)C[C@@H]1O. The van der Waals surface area contributed by atoms with Crippen LogP contribution < -0.4 is 9.64 Å². The number of rotatable bonds is 5. The Morgan fingerprint density at radius 1 is 1.19 bits per heavy atom. The fraction of sp³-hybridized carbons (Fsp3) is 0.474. The maximum absolute atomic E-state index is 10.1. The van der Waals surface area contributed by atoms with Gasteiger partial charge < -0.3 is 19.5 Å². The van der Waals surface area contributed by atoms with E-state index in [2.05, 4.69) is 19.9 Å². The normalized spacial score (nSPS) is 21.5. The van der Waals surface area contributed by atoms with Crippen LogP contribution >= 0.6 is 0 Å². The van der Waals surface area contributed by atoms with Gasteiger partial charge in [-0.25, -0.2) is 15.0 Å². The first-order valence-corrected chi connectivity index (χ1v) is 9.03. The minimum atomic E-state index is -0.528. The molecular formula is C19H23N5O3. The molecule has 0 amide bonds. The number of β-amino-alcohol motifs (C(OH)–C–C–N with tert-alkyl or cyclic N) is 1. The molecule has 2 aliphatic heterocycles. The first kappa shape index (κ1) is 17.8. The summed E-state index contributed by atoms with van der Waals surface area (Å²) in [5.74, 6) is 1.33. The molecule has 142 valence electrons. The third-order valence-electron chi connectivity index (χ3n) is 4.74. The molecular weight excluding hydrogens is 346 g/mol. The summed E-state index contributed by atoms with van der Waals surface area (Å²) in [5, 5.41) is 10.1. The Kier molecular flexibility index (Phi) is 4.75. The van der Waals surface area contributed by atoms with Crippen LogP contribution in [0, 0.1) is 0 Å². The molecule has 0 aliphatic carbocycles. The van der Waals surface area contributed by atoms with Crippen LogP contribution in [-0.2, 0) is 11.3 Å². The number of nitrogens with zero attached hydrogens (tertiary/aromatic N) is 5. The number of ether oxygens (including phenoxy) is 2. The first-order valence-electron chi connectivity index (χ1n) is 9.03. The Morgan fingerprint density at radius 2 is 2.04 bits per heavy atom. The molecule has 27 heavy (non-hydrogen) atoms. The molecule has 0 saturated carbocycles. The maximum atomic E-state index is 10.1. The number of methoxy groups -OCH3 is 1. The van der Waals surface area contributed by atoms with Crippen LogP contribution in [0.2, 0.25) is 0 Å². The lowest BCUT2D eigenvalue weighted by atomic mass is 10.1. The molecule has 1 N–H and O–H groups in total. The van der Waals surface area contributed by atoms with Crippen molar-refractivity contribution in [2.75, 3.05) is 25.1 Å². The average molecular weight is 369 g/mol. The molecule has 1 fully saturated rings. The predicted molar refractivity (Wildman–Crippen MR) is 100 cm³/mol. The van der Waals surface area contributed by atoms with Gasteiger partial charge in [0.1, 0.15) is 18.2 Å². The fourth-order valence-electron chi connectivity index (χ4n) is 3.41. The van der Waals surface area contributed by atoms with Crippen LogP contribution in [0.5, 0.6) is 5.88 Å². The van der Waals surface area contributed by atoms with Crippen molar-refractivity contribution in [2.24, 2.45) is 4.99 Å². The van der Waals surface area contributed by atoms with Crippen molar-refractivity contribution in [3.8, 4) is 5.88 Å². The molecule has 4 heterocycles. The maximum Gasteiger partial charge on any atom is 0.214 e. The van der Waals surface area contributed by atoms with Gasteiger partial charge in [0.15, 0.2) is 0 Å². The molecule has 2 atom stereocenters. The number of aliphatic imine (C=N–C) groups is 1. The van der Waals surface area contributed by atoms with E-state index in [0.717, 1.165) is 28.4 Å². The number of aliphatic hydroxyl groups is 1. The molecule has 0 radical (unpaired) electrons. The Bertz CT molecular complexity index is 870. The Morgan fingerprint density at radius 3 is 2.78 bits per heavy atom. The van der Waals surface area contributed by atoms with E-state index < -0.39 is 6.10 Å². The quantitative estimate of drug-likeness (QED) is 0.847. The van der Waals surface area contributed by atoms with Gasteiger partial charge in [0.25, 0.3) is 0 Å². The summed E-state index contributed by atoms with van der Waals surface area (Å²) in [6.45, 7) is 5.59. The molecule has 8 nitrogen and oxygen atoms in total. The van der Waals surface area contributed by atoms with E-state index in [9.17, 15) is 5.11 Å². The molecule has 2 aliphatic rings. The van der Waals surface area contributed by atoms with Gasteiger partial charge in [0, 0.05) is 49.7 Å². The van der Waals surface area contributed by atoms with Gasteiger partial charge in [-0.15, -0.1) is 0 Å². The number of fused-ring (bicyclic) bond motifs is 1. The second-order valence-electron chi connectivity index (χ2n) is 7.02.